The molecule has 162 valence electrons. The van der Waals surface area contributed by atoms with Gasteiger partial charge in [0.15, 0.2) is 10.9 Å². The summed E-state index contributed by atoms with van der Waals surface area (Å²) in [6.07, 6.45) is 0.710. The van der Waals surface area contributed by atoms with Gasteiger partial charge < -0.3 is 5.32 Å². The van der Waals surface area contributed by atoms with E-state index in [4.69, 9.17) is 0 Å². The van der Waals surface area contributed by atoms with Crippen LogP contribution >= 0.6 is 11.8 Å². The molecule has 4 aromatic rings. The SMILES string of the molecule is Cc1ccc(NCCc2nnc(SCC(=O)c3ccccc3)n2-c2ccc(C)cc2)cc1. The first-order valence-corrected chi connectivity index (χ1v) is 11.6. The third-order valence-electron chi connectivity index (χ3n) is 5.15. The molecule has 0 bridgehead atoms. The van der Waals surface area contributed by atoms with Gasteiger partial charge in [-0.25, -0.2) is 0 Å². The smallest absolute Gasteiger partial charge is 0.196 e. The van der Waals surface area contributed by atoms with Gasteiger partial charge in [-0.1, -0.05) is 77.5 Å². The Morgan fingerprint density at radius 1 is 0.875 bits per heavy atom. The van der Waals surface area contributed by atoms with Gasteiger partial charge in [0, 0.05) is 29.9 Å². The van der Waals surface area contributed by atoms with Gasteiger partial charge in [0.25, 0.3) is 0 Å². The van der Waals surface area contributed by atoms with E-state index in [-0.39, 0.29) is 5.78 Å². The van der Waals surface area contributed by atoms with Crippen LogP contribution in [0.2, 0.25) is 0 Å². The third kappa shape index (κ3) is 5.45. The number of nitrogens with one attached hydrogen (secondary N) is 1. The monoisotopic (exact) mass is 442 g/mol. The Labute approximate surface area is 192 Å². The van der Waals surface area contributed by atoms with Crippen LogP contribution in [0.3, 0.4) is 0 Å². The van der Waals surface area contributed by atoms with Gasteiger partial charge in [0.05, 0.1) is 5.75 Å². The minimum absolute atomic E-state index is 0.0802. The van der Waals surface area contributed by atoms with Gasteiger partial charge in [-0.15, -0.1) is 10.2 Å². The molecule has 5 nitrogen and oxygen atoms in total. The minimum atomic E-state index is 0.0802. The Bertz CT molecular complexity index is 1170. The van der Waals surface area contributed by atoms with E-state index in [0.29, 0.717) is 17.7 Å². The molecular weight excluding hydrogens is 416 g/mol. The van der Waals surface area contributed by atoms with E-state index in [1.807, 2.05) is 30.3 Å². The molecule has 0 aliphatic heterocycles. The topological polar surface area (TPSA) is 59.8 Å². The van der Waals surface area contributed by atoms with Crippen LogP contribution in [0, 0.1) is 13.8 Å². The van der Waals surface area contributed by atoms with Gasteiger partial charge in [-0.2, -0.15) is 0 Å². The van der Waals surface area contributed by atoms with Crippen LogP contribution in [-0.4, -0.2) is 32.8 Å². The number of aromatic nitrogens is 3. The maximum Gasteiger partial charge on any atom is 0.196 e. The maximum atomic E-state index is 12.6. The number of aryl methyl sites for hydroxylation is 2. The number of thioether (sulfide) groups is 1. The van der Waals surface area contributed by atoms with Gasteiger partial charge in [0.1, 0.15) is 5.82 Å². The normalized spacial score (nSPS) is 10.8. The highest BCUT2D eigenvalue weighted by molar-refractivity contribution is 7.99. The molecule has 0 fully saturated rings. The highest BCUT2D eigenvalue weighted by atomic mass is 32.2. The molecule has 0 atom stereocenters. The van der Waals surface area contributed by atoms with Crippen LogP contribution in [0.4, 0.5) is 5.69 Å². The third-order valence-corrected chi connectivity index (χ3v) is 6.08. The molecule has 1 aromatic heterocycles. The first-order valence-electron chi connectivity index (χ1n) is 10.6. The number of Topliss-reactive ketones (excluding diaryl/α,β-unsaturated/α-hetero) is 1. The predicted molar refractivity (Wildman–Crippen MR) is 131 cm³/mol. The van der Waals surface area contributed by atoms with E-state index >= 15 is 0 Å². The summed E-state index contributed by atoms with van der Waals surface area (Å²) < 4.78 is 2.05. The molecule has 0 radical (unpaired) electrons. The highest BCUT2D eigenvalue weighted by Crippen LogP contribution is 2.24. The van der Waals surface area contributed by atoms with E-state index in [2.05, 4.69) is 82.5 Å². The number of benzene rings is 3. The van der Waals surface area contributed by atoms with Crippen molar-refractivity contribution in [1.82, 2.24) is 14.8 Å². The highest BCUT2D eigenvalue weighted by Gasteiger charge is 2.16. The van der Waals surface area contributed by atoms with Crippen molar-refractivity contribution in [2.45, 2.75) is 25.4 Å². The zero-order valence-electron chi connectivity index (χ0n) is 18.3. The molecular formula is C26H26N4OS. The number of anilines is 1. The van der Waals surface area contributed by atoms with Crippen molar-refractivity contribution in [2.24, 2.45) is 0 Å². The Hall–Kier alpha value is -3.38. The first kappa shape index (κ1) is 21.8. The Kier molecular flexibility index (Phi) is 7.02. The fraction of sp³-hybridized carbons (Fsp3) is 0.192. The fourth-order valence-corrected chi connectivity index (χ4v) is 4.20. The lowest BCUT2D eigenvalue weighted by Gasteiger charge is -2.11. The van der Waals surface area contributed by atoms with Crippen molar-refractivity contribution in [3.63, 3.8) is 0 Å². The molecule has 4 rings (SSSR count). The van der Waals surface area contributed by atoms with Gasteiger partial charge >= 0.3 is 0 Å². The van der Waals surface area contributed by atoms with E-state index in [9.17, 15) is 4.79 Å². The van der Waals surface area contributed by atoms with Crippen molar-refractivity contribution in [1.29, 1.82) is 0 Å². The quantitative estimate of drug-likeness (QED) is 0.273. The largest absolute Gasteiger partial charge is 0.385 e. The summed E-state index contributed by atoms with van der Waals surface area (Å²) in [6.45, 7) is 4.88. The number of ketones is 1. The lowest BCUT2D eigenvalue weighted by atomic mass is 10.2. The van der Waals surface area contributed by atoms with Crippen LogP contribution < -0.4 is 5.32 Å². The molecule has 0 spiro atoms. The summed E-state index contributed by atoms with van der Waals surface area (Å²) in [5.41, 5.74) is 5.23. The van der Waals surface area contributed by atoms with E-state index < -0.39 is 0 Å². The number of carbonyl (C=O) groups is 1. The van der Waals surface area contributed by atoms with Crippen LogP contribution in [0.1, 0.15) is 27.3 Å². The van der Waals surface area contributed by atoms with Gasteiger partial charge in [0.2, 0.25) is 0 Å². The zero-order chi connectivity index (χ0) is 22.3. The molecule has 0 aliphatic carbocycles. The molecule has 0 saturated heterocycles. The van der Waals surface area contributed by atoms with Crippen LogP contribution in [0.25, 0.3) is 5.69 Å². The maximum absolute atomic E-state index is 12.6. The lowest BCUT2D eigenvalue weighted by Crippen LogP contribution is -2.11. The van der Waals surface area contributed by atoms with Crippen LogP contribution in [0.15, 0.2) is 84.0 Å². The summed E-state index contributed by atoms with van der Waals surface area (Å²) in [4.78, 5) is 12.6. The van der Waals surface area contributed by atoms with E-state index in [0.717, 1.165) is 28.9 Å². The number of hydrogen-bond acceptors (Lipinski definition) is 5. The summed E-state index contributed by atoms with van der Waals surface area (Å²) in [7, 11) is 0. The van der Waals surface area contributed by atoms with Crippen molar-refractivity contribution in [3.05, 3.63) is 101 Å². The molecule has 0 unspecified atom stereocenters. The summed E-state index contributed by atoms with van der Waals surface area (Å²) in [5.74, 6) is 1.26. The Balaban J connectivity index is 1.51. The van der Waals surface area contributed by atoms with E-state index in [1.54, 1.807) is 0 Å². The van der Waals surface area contributed by atoms with Crippen molar-refractivity contribution < 1.29 is 4.79 Å². The molecule has 1 heterocycles. The molecule has 1 N–H and O–H groups in total. The van der Waals surface area contributed by atoms with Gasteiger partial charge in [-0.05, 0) is 38.1 Å². The Morgan fingerprint density at radius 3 is 2.22 bits per heavy atom. The van der Waals surface area contributed by atoms with Crippen LogP contribution in [0.5, 0.6) is 0 Å². The first-order chi connectivity index (χ1) is 15.6. The summed E-state index contributed by atoms with van der Waals surface area (Å²) in [5, 5.41) is 13.0. The second-order valence-corrected chi connectivity index (χ2v) is 8.63. The number of hydrogen-bond donors (Lipinski definition) is 1. The molecule has 0 amide bonds. The van der Waals surface area contributed by atoms with E-state index in [1.165, 1.54) is 22.9 Å². The number of rotatable bonds is 9. The number of nitrogens with zero attached hydrogens (tertiary/aromatic N) is 3. The van der Waals surface area contributed by atoms with Crippen molar-refractivity contribution in [2.75, 3.05) is 17.6 Å². The fourth-order valence-electron chi connectivity index (χ4n) is 3.34. The molecule has 0 aliphatic rings. The Morgan fingerprint density at radius 2 is 1.53 bits per heavy atom. The lowest BCUT2D eigenvalue weighted by molar-refractivity contribution is 0.102. The predicted octanol–water partition coefficient (Wildman–Crippen LogP) is 5.51. The molecule has 3 aromatic carbocycles. The van der Waals surface area contributed by atoms with Crippen molar-refractivity contribution >= 4 is 23.2 Å². The molecule has 32 heavy (non-hydrogen) atoms. The van der Waals surface area contributed by atoms with Gasteiger partial charge in [-0.3, -0.25) is 9.36 Å². The zero-order valence-corrected chi connectivity index (χ0v) is 19.1. The average Bonchev–Trinajstić information content (AvgIpc) is 3.22. The minimum Gasteiger partial charge on any atom is -0.385 e. The number of carbonyl (C=O) groups excluding carboxylic acids is 1. The standard InChI is InChI=1S/C26H26N4OS/c1-19-8-12-22(13-9-19)27-17-16-25-28-29-26(30(25)23-14-10-20(2)11-15-23)32-18-24(31)21-6-4-3-5-7-21/h3-15,27H,16-18H2,1-2H3. The van der Waals surface area contributed by atoms with Crippen LogP contribution in [-0.2, 0) is 6.42 Å². The molecule has 6 heteroatoms. The molecule has 0 saturated carbocycles. The summed E-state index contributed by atoms with van der Waals surface area (Å²) >= 11 is 1.42. The second-order valence-electron chi connectivity index (χ2n) is 7.69. The van der Waals surface area contributed by atoms with Crippen molar-refractivity contribution in [3.8, 4) is 5.69 Å². The average molecular weight is 443 g/mol. The second kappa shape index (κ2) is 10.3. The summed E-state index contributed by atoms with van der Waals surface area (Å²) in [6, 6.07) is 26.0.